The summed E-state index contributed by atoms with van der Waals surface area (Å²) in [5.41, 5.74) is 0. The number of fused-ring (bicyclic) bond motifs is 1. The SMILES string of the molecule is CCCCCCCCCCOP1Oc2ccccc2O1. The Kier molecular flexibility index (Phi) is 7.18. The van der Waals surface area contributed by atoms with Gasteiger partial charge in [0, 0.05) is 0 Å². The van der Waals surface area contributed by atoms with Gasteiger partial charge < -0.3 is 9.05 Å². The first kappa shape index (κ1) is 15.6. The molecule has 0 saturated carbocycles. The summed E-state index contributed by atoms with van der Waals surface area (Å²) in [6, 6.07) is 7.72. The molecule has 0 atom stereocenters. The van der Waals surface area contributed by atoms with Crippen molar-refractivity contribution in [2.45, 2.75) is 58.3 Å². The van der Waals surface area contributed by atoms with Gasteiger partial charge in [0.05, 0.1) is 6.61 Å². The first-order chi connectivity index (χ1) is 9.90. The summed E-state index contributed by atoms with van der Waals surface area (Å²) in [5.74, 6) is 1.60. The van der Waals surface area contributed by atoms with Crippen LogP contribution < -0.4 is 9.05 Å². The fraction of sp³-hybridized carbons (Fsp3) is 0.625. The van der Waals surface area contributed by atoms with E-state index in [-0.39, 0.29) is 0 Å². The third kappa shape index (κ3) is 5.30. The van der Waals surface area contributed by atoms with Crippen LogP contribution in [0.1, 0.15) is 58.3 Å². The maximum absolute atomic E-state index is 5.65. The highest BCUT2D eigenvalue weighted by molar-refractivity contribution is 7.43. The summed E-state index contributed by atoms with van der Waals surface area (Å²) < 4.78 is 16.8. The monoisotopic (exact) mass is 296 g/mol. The molecular weight excluding hydrogens is 271 g/mol. The topological polar surface area (TPSA) is 27.7 Å². The average Bonchev–Trinajstić information content (AvgIpc) is 2.88. The van der Waals surface area contributed by atoms with Gasteiger partial charge in [0.1, 0.15) is 0 Å². The van der Waals surface area contributed by atoms with E-state index >= 15 is 0 Å². The molecule has 20 heavy (non-hydrogen) atoms. The Labute approximate surface area is 123 Å². The Morgan fingerprint density at radius 2 is 1.40 bits per heavy atom. The molecule has 0 amide bonds. The van der Waals surface area contributed by atoms with Crippen LogP contribution in [0.15, 0.2) is 24.3 Å². The molecule has 0 unspecified atom stereocenters. The van der Waals surface area contributed by atoms with Crippen LogP contribution in [0, 0.1) is 0 Å². The quantitative estimate of drug-likeness (QED) is 0.401. The molecule has 1 aliphatic rings. The Bertz CT molecular complexity index is 359. The maximum atomic E-state index is 5.65. The minimum Gasteiger partial charge on any atom is -0.414 e. The van der Waals surface area contributed by atoms with E-state index in [1.54, 1.807) is 0 Å². The average molecular weight is 296 g/mol. The molecule has 0 N–H and O–H groups in total. The van der Waals surface area contributed by atoms with Crippen molar-refractivity contribution in [3.63, 3.8) is 0 Å². The smallest absolute Gasteiger partial charge is 0.414 e. The molecule has 0 bridgehead atoms. The summed E-state index contributed by atoms with van der Waals surface area (Å²) >= 11 is 0. The van der Waals surface area contributed by atoms with E-state index in [9.17, 15) is 0 Å². The number of rotatable bonds is 10. The Morgan fingerprint density at radius 3 is 2.00 bits per heavy atom. The van der Waals surface area contributed by atoms with Gasteiger partial charge >= 0.3 is 8.60 Å². The zero-order chi connectivity index (χ0) is 14.0. The predicted molar refractivity (Wildman–Crippen MR) is 83.2 cm³/mol. The van der Waals surface area contributed by atoms with Crippen LogP contribution in [0.2, 0.25) is 0 Å². The molecule has 0 aromatic heterocycles. The van der Waals surface area contributed by atoms with Gasteiger partial charge in [-0.25, -0.2) is 0 Å². The van der Waals surface area contributed by atoms with E-state index in [1.807, 2.05) is 24.3 Å². The molecule has 0 spiro atoms. The molecule has 4 heteroatoms. The minimum absolute atomic E-state index is 0.731. The van der Waals surface area contributed by atoms with E-state index in [2.05, 4.69) is 6.92 Å². The molecule has 2 rings (SSSR count). The summed E-state index contributed by atoms with van der Waals surface area (Å²) in [6.07, 6.45) is 10.5. The normalized spacial score (nSPS) is 13.8. The van der Waals surface area contributed by atoms with E-state index in [4.69, 9.17) is 13.6 Å². The standard InChI is InChI=1S/C16H25O3P/c1-2-3-4-5-6-7-8-11-14-17-20-18-15-12-9-10-13-16(15)19-20/h9-10,12-13H,2-8,11,14H2,1H3. The highest BCUT2D eigenvalue weighted by atomic mass is 31.2. The van der Waals surface area contributed by atoms with E-state index < -0.39 is 8.60 Å². The van der Waals surface area contributed by atoms with Crippen LogP contribution in [0.25, 0.3) is 0 Å². The van der Waals surface area contributed by atoms with Crippen LogP contribution in [-0.2, 0) is 4.52 Å². The first-order valence-corrected chi connectivity index (χ1v) is 8.87. The molecule has 1 aromatic carbocycles. The lowest BCUT2D eigenvalue weighted by Crippen LogP contribution is -1.95. The van der Waals surface area contributed by atoms with Crippen molar-refractivity contribution in [3.8, 4) is 11.5 Å². The highest BCUT2D eigenvalue weighted by Gasteiger charge is 2.26. The molecule has 1 heterocycles. The third-order valence-corrected chi connectivity index (χ3v) is 4.47. The summed E-state index contributed by atoms with van der Waals surface area (Å²) in [4.78, 5) is 0. The predicted octanol–water partition coefficient (Wildman–Crippen LogP) is 5.84. The molecule has 3 nitrogen and oxygen atoms in total. The van der Waals surface area contributed by atoms with Crippen LogP contribution in [0.3, 0.4) is 0 Å². The van der Waals surface area contributed by atoms with Crippen LogP contribution in [0.4, 0.5) is 0 Å². The molecule has 0 radical (unpaired) electrons. The number of para-hydroxylation sites is 2. The molecular formula is C16H25O3P. The second-order valence-electron chi connectivity index (χ2n) is 5.16. The van der Waals surface area contributed by atoms with Crippen molar-refractivity contribution >= 4 is 8.60 Å². The lowest BCUT2D eigenvalue weighted by molar-refractivity contribution is 0.274. The number of unbranched alkanes of at least 4 members (excludes halogenated alkanes) is 7. The van der Waals surface area contributed by atoms with Crippen molar-refractivity contribution in [2.24, 2.45) is 0 Å². The fourth-order valence-electron chi connectivity index (χ4n) is 2.21. The largest absolute Gasteiger partial charge is 0.463 e. The zero-order valence-electron chi connectivity index (χ0n) is 12.3. The number of hydrogen-bond acceptors (Lipinski definition) is 3. The second-order valence-corrected chi connectivity index (χ2v) is 6.23. The molecule has 0 aliphatic carbocycles. The lowest BCUT2D eigenvalue weighted by Gasteiger charge is -2.07. The number of hydrogen-bond donors (Lipinski definition) is 0. The van der Waals surface area contributed by atoms with Gasteiger partial charge in [0.2, 0.25) is 0 Å². The van der Waals surface area contributed by atoms with Gasteiger partial charge in [-0.05, 0) is 18.6 Å². The maximum Gasteiger partial charge on any atom is 0.463 e. The van der Waals surface area contributed by atoms with Crippen molar-refractivity contribution in [1.82, 2.24) is 0 Å². The lowest BCUT2D eigenvalue weighted by atomic mass is 10.1. The van der Waals surface area contributed by atoms with Gasteiger partial charge in [-0.3, -0.25) is 4.52 Å². The van der Waals surface area contributed by atoms with Gasteiger partial charge in [0.15, 0.2) is 11.5 Å². The van der Waals surface area contributed by atoms with E-state index in [0.29, 0.717) is 0 Å². The minimum atomic E-state index is -1.20. The molecule has 1 aliphatic heterocycles. The van der Waals surface area contributed by atoms with Gasteiger partial charge in [-0.1, -0.05) is 64.0 Å². The fourth-order valence-corrected chi connectivity index (χ4v) is 3.25. The summed E-state index contributed by atoms with van der Waals surface area (Å²) in [5, 5.41) is 0. The third-order valence-electron chi connectivity index (χ3n) is 3.39. The van der Waals surface area contributed by atoms with Crippen molar-refractivity contribution < 1.29 is 13.6 Å². The van der Waals surface area contributed by atoms with Crippen molar-refractivity contribution in [2.75, 3.05) is 6.61 Å². The van der Waals surface area contributed by atoms with Crippen molar-refractivity contribution in [3.05, 3.63) is 24.3 Å². The molecule has 112 valence electrons. The second kappa shape index (κ2) is 9.20. The summed E-state index contributed by atoms with van der Waals surface area (Å²) in [7, 11) is -1.20. The van der Waals surface area contributed by atoms with E-state index in [1.165, 1.54) is 44.9 Å². The first-order valence-electron chi connectivity index (χ1n) is 7.78. The zero-order valence-corrected chi connectivity index (χ0v) is 13.2. The molecule has 0 saturated heterocycles. The van der Waals surface area contributed by atoms with Gasteiger partial charge in [-0.15, -0.1) is 0 Å². The van der Waals surface area contributed by atoms with Crippen LogP contribution in [0.5, 0.6) is 11.5 Å². The Morgan fingerprint density at radius 1 is 0.850 bits per heavy atom. The van der Waals surface area contributed by atoms with Crippen LogP contribution >= 0.6 is 8.60 Å². The van der Waals surface area contributed by atoms with Gasteiger partial charge in [-0.2, -0.15) is 0 Å². The Balaban J connectivity index is 1.45. The number of benzene rings is 1. The summed E-state index contributed by atoms with van der Waals surface area (Å²) in [6.45, 7) is 2.99. The van der Waals surface area contributed by atoms with Crippen molar-refractivity contribution in [1.29, 1.82) is 0 Å². The highest BCUT2D eigenvalue weighted by Crippen LogP contribution is 2.52. The molecule has 0 fully saturated rings. The van der Waals surface area contributed by atoms with Crippen LogP contribution in [-0.4, -0.2) is 6.61 Å². The van der Waals surface area contributed by atoms with E-state index in [0.717, 1.165) is 24.5 Å². The molecule has 1 aromatic rings. The van der Waals surface area contributed by atoms with Gasteiger partial charge in [0.25, 0.3) is 0 Å². The Hall–Kier alpha value is -0.790.